The van der Waals surface area contributed by atoms with Crippen molar-refractivity contribution in [2.45, 2.75) is 11.9 Å². The van der Waals surface area contributed by atoms with Gasteiger partial charge in [0.2, 0.25) is 0 Å². The van der Waals surface area contributed by atoms with Crippen LogP contribution in [0.3, 0.4) is 0 Å². The first-order valence-corrected chi connectivity index (χ1v) is 6.57. The molecule has 2 rings (SSSR count). The van der Waals surface area contributed by atoms with E-state index in [4.69, 9.17) is 4.55 Å². The number of aromatic nitrogens is 3. The normalized spacial score (nSPS) is 12.6. The van der Waals surface area contributed by atoms with Crippen LogP contribution >= 0.6 is 0 Å². The Hall–Kier alpha value is -2.01. The maximum atomic E-state index is 12.8. The molecule has 108 valence electrons. The van der Waals surface area contributed by atoms with E-state index in [1.54, 1.807) is 0 Å². The summed E-state index contributed by atoms with van der Waals surface area (Å²) in [6.07, 6.45) is -2.84. The lowest BCUT2D eigenvalue weighted by Crippen LogP contribution is -2.07. The molecule has 0 unspecified atom stereocenters. The molecule has 0 saturated heterocycles. The smallest absolute Gasteiger partial charge is 0.334 e. The molecule has 0 saturated carbocycles. The van der Waals surface area contributed by atoms with Gasteiger partial charge in [-0.15, -0.1) is 0 Å². The Bertz CT molecular complexity index is 726. The Morgan fingerprint density at radius 2 is 2.05 bits per heavy atom. The quantitative estimate of drug-likeness (QED) is 0.857. The molecule has 0 aliphatic rings. The minimum absolute atomic E-state index is 0.459. The van der Waals surface area contributed by atoms with Gasteiger partial charge in [-0.2, -0.15) is 26.6 Å². The molecule has 0 atom stereocenters. The van der Waals surface area contributed by atoms with Crippen LogP contribution in [-0.2, 0) is 22.0 Å². The summed E-state index contributed by atoms with van der Waals surface area (Å²) in [7, 11) is -4.41. The average molecular weight is 309 g/mol. The Balaban J connectivity index is 2.43. The van der Waals surface area contributed by atoms with Gasteiger partial charge in [0.15, 0.2) is 5.82 Å². The highest BCUT2D eigenvalue weighted by Gasteiger charge is 2.35. The maximum Gasteiger partial charge on any atom is 0.417 e. The van der Waals surface area contributed by atoms with Gasteiger partial charge in [0.05, 0.1) is 11.1 Å². The zero-order valence-electron chi connectivity index (χ0n) is 9.49. The number of nitrogens with zero attached hydrogens (tertiary/aromatic N) is 3. The molecule has 2 heterocycles. The highest BCUT2D eigenvalue weighted by molar-refractivity contribution is 7.84. The van der Waals surface area contributed by atoms with Gasteiger partial charge in [0.25, 0.3) is 16.0 Å². The number of hydrogen-bond acceptors (Lipinski definition) is 6. The lowest BCUT2D eigenvalue weighted by Gasteiger charge is -2.08. The lowest BCUT2D eigenvalue weighted by atomic mass is 10.1. The van der Waals surface area contributed by atoms with Gasteiger partial charge in [-0.3, -0.25) is 9.54 Å². The molecule has 0 fully saturated rings. The molecular weight excluding hydrogens is 303 g/mol. The predicted molar refractivity (Wildman–Crippen MR) is 57.8 cm³/mol. The molecular formula is C9H6F3N3O4S. The van der Waals surface area contributed by atoms with Crippen LogP contribution in [0.2, 0.25) is 0 Å². The van der Waals surface area contributed by atoms with Crippen LogP contribution in [0.4, 0.5) is 13.2 Å². The molecule has 0 radical (unpaired) electrons. The van der Waals surface area contributed by atoms with E-state index in [-0.39, 0.29) is 0 Å². The summed E-state index contributed by atoms with van der Waals surface area (Å²) in [5.41, 5.74) is -1.52. The lowest BCUT2D eigenvalue weighted by molar-refractivity contribution is -0.137. The first-order chi connectivity index (χ1) is 9.17. The monoisotopic (exact) mass is 309 g/mol. The molecule has 0 aliphatic carbocycles. The van der Waals surface area contributed by atoms with Crippen LogP contribution in [0.25, 0.3) is 11.5 Å². The van der Waals surface area contributed by atoms with Crippen molar-refractivity contribution in [3.05, 3.63) is 29.8 Å². The van der Waals surface area contributed by atoms with Crippen LogP contribution in [-0.4, -0.2) is 28.1 Å². The van der Waals surface area contributed by atoms with E-state index in [0.717, 1.165) is 18.5 Å². The summed E-state index contributed by atoms with van der Waals surface area (Å²) >= 11 is 0. The molecule has 20 heavy (non-hydrogen) atoms. The summed E-state index contributed by atoms with van der Waals surface area (Å²) < 4.78 is 72.7. The number of hydrogen-bond donors (Lipinski definition) is 1. The summed E-state index contributed by atoms with van der Waals surface area (Å²) in [5, 5.41) is 3.18. The average Bonchev–Trinajstić information content (AvgIpc) is 2.74. The van der Waals surface area contributed by atoms with Gasteiger partial charge in [-0.05, 0) is 6.07 Å². The molecule has 2 aromatic rings. The number of rotatable bonds is 3. The maximum absolute atomic E-state index is 12.8. The van der Waals surface area contributed by atoms with E-state index >= 15 is 0 Å². The third-order valence-electron chi connectivity index (χ3n) is 2.14. The van der Waals surface area contributed by atoms with Crippen LogP contribution in [0.5, 0.6) is 0 Å². The topological polar surface area (TPSA) is 106 Å². The van der Waals surface area contributed by atoms with Crippen molar-refractivity contribution in [2.24, 2.45) is 0 Å². The van der Waals surface area contributed by atoms with E-state index in [9.17, 15) is 21.6 Å². The minimum atomic E-state index is -4.66. The zero-order chi connectivity index (χ0) is 15.0. The standard InChI is InChI=1S/C9H6F3N3O4S/c10-9(11,12)6-1-2-13-3-5(6)8-14-7(15-19-8)4-20(16,17)18/h1-3H,4H2,(H,16,17,18). The molecule has 11 heteroatoms. The first kappa shape index (κ1) is 14.4. The van der Waals surface area contributed by atoms with Crippen LogP contribution in [0.1, 0.15) is 11.4 Å². The van der Waals surface area contributed by atoms with E-state index in [0.29, 0.717) is 0 Å². The van der Waals surface area contributed by atoms with Crippen molar-refractivity contribution >= 4 is 10.1 Å². The Labute approximate surface area is 110 Å². The van der Waals surface area contributed by atoms with Gasteiger partial charge in [-0.25, -0.2) is 0 Å². The van der Waals surface area contributed by atoms with Crippen molar-refractivity contribution in [1.29, 1.82) is 0 Å². The van der Waals surface area contributed by atoms with Gasteiger partial charge < -0.3 is 4.52 Å². The number of halogens is 3. The van der Waals surface area contributed by atoms with Crippen molar-refractivity contribution in [1.82, 2.24) is 15.1 Å². The highest BCUT2D eigenvalue weighted by atomic mass is 32.2. The fourth-order valence-corrected chi connectivity index (χ4v) is 1.84. The van der Waals surface area contributed by atoms with E-state index in [1.807, 2.05) is 0 Å². The Morgan fingerprint density at radius 1 is 1.35 bits per heavy atom. The second-order valence-corrected chi connectivity index (χ2v) is 5.11. The third-order valence-corrected chi connectivity index (χ3v) is 2.76. The highest BCUT2D eigenvalue weighted by Crippen LogP contribution is 2.35. The second kappa shape index (κ2) is 4.83. The van der Waals surface area contributed by atoms with Gasteiger partial charge in [0.1, 0.15) is 5.75 Å². The van der Waals surface area contributed by atoms with E-state index < -0.39 is 44.9 Å². The zero-order valence-corrected chi connectivity index (χ0v) is 10.3. The molecule has 0 aliphatic heterocycles. The van der Waals surface area contributed by atoms with Crippen molar-refractivity contribution < 1.29 is 30.7 Å². The van der Waals surface area contributed by atoms with Crippen LogP contribution in [0.15, 0.2) is 23.0 Å². The Kier molecular flexibility index (Phi) is 3.48. The molecule has 2 aromatic heterocycles. The van der Waals surface area contributed by atoms with Crippen molar-refractivity contribution in [3.8, 4) is 11.5 Å². The molecule has 7 nitrogen and oxygen atoms in total. The van der Waals surface area contributed by atoms with Crippen LogP contribution < -0.4 is 0 Å². The third kappa shape index (κ3) is 3.30. The van der Waals surface area contributed by atoms with Crippen LogP contribution in [0, 0.1) is 0 Å². The first-order valence-electron chi connectivity index (χ1n) is 4.96. The number of alkyl halides is 3. The molecule has 0 aromatic carbocycles. The van der Waals surface area contributed by atoms with Gasteiger partial charge in [0, 0.05) is 12.4 Å². The second-order valence-electron chi connectivity index (χ2n) is 3.66. The molecule has 0 bridgehead atoms. The molecule has 1 N–H and O–H groups in total. The van der Waals surface area contributed by atoms with Crippen molar-refractivity contribution in [2.75, 3.05) is 0 Å². The summed E-state index contributed by atoms with van der Waals surface area (Å²) in [6.45, 7) is 0. The minimum Gasteiger partial charge on any atom is -0.334 e. The fraction of sp³-hybridized carbons (Fsp3) is 0.222. The summed E-state index contributed by atoms with van der Waals surface area (Å²) in [4.78, 5) is 7.01. The van der Waals surface area contributed by atoms with E-state index in [1.165, 1.54) is 0 Å². The summed E-state index contributed by atoms with van der Waals surface area (Å²) in [6, 6.07) is 0.724. The fourth-order valence-electron chi connectivity index (χ4n) is 1.40. The Morgan fingerprint density at radius 3 is 2.65 bits per heavy atom. The predicted octanol–water partition coefficient (Wildman–Crippen LogP) is 1.54. The molecule has 0 spiro atoms. The summed E-state index contributed by atoms with van der Waals surface area (Å²) in [5.74, 6) is -1.96. The van der Waals surface area contributed by atoms with Gasteiger partial charge >= 0.3 is 6.18 Å². The van der Waals surface area contributed by atoms with Crippen molar-refractivity contribution in [3.63, 3.8) is 0 Å². The van der Waals surface area contributed by atoms with Gasteiger partial charge in [-0.1, -0.05) is 5.16 Å². The largest absolute Gasteiger partial charge is 0.417 e. The number of pyridine rings is 1. The van der Waals surface area contributed by atoms with E-state index in [2.05, 4.69) is 19.6 Å². The SMILES string of the molecule is O=S(=O)(O)Cc1noc(-c2cnccc2C(F)(F)F)n1. The molecule has 0 amide bonds.